The van der Waals surface area contributed by atoms with Crippen LogP contribution in [0.25, 0.3) is 0 Å². The molecule has 4 atom stereocenters. The van der Waals surface area contributed by atoms with Crippen molar-refractivity contribution in [3.8, 4) is 0 Å². The van der Waals surface area contributed by atoms with Crippen LogP contribution in [0.4, 0.5) is 5.69 Å². The highest BCUT2D eigenvalue weighted by Crippen LogP contribution is 2.34. The van der Waals surface area contributed by atoms with E-state index in [2.05, 4.69) is 10.3 Å². The lowest BCUT2D eigenvalue weighted by Crippen LogP contribution is -2.41. The minimum Gasteiger partial charge on any atom is -0.385 e. The molecule has 1 aliphatic heterocycles. The van der Waals surface area contributed by atoms with Crippen LogP contribution in [0, 0.1) is 6.92 Å². The molecule has 0 aromatic carbocycles. The lowest BCUT2D eigenvalue weighted by Gasteiger charge is -2.21. The number of unbranched alkanes of at least 4 members (excludes halogenated alkanes) is 1. The summed E-state index contributed by atoms with van der Waals surface area (Å²) in [5.41, 5.74) is 1.53. The second kappa shape index (κ2) is 10.6. The topological polar surface area (TPSA) is 89.9 Å². The molecule has 1 amide bonds. The molecule has 7 nitrogen and oxygen atoms in total. The number of aliphatic hydroxyl groups is 1. The predicted molar refractivity (Wildman–Crippen MR) is 107 cm³/mol. The summed E-state index contributed by atoms with van der Waals surface area (Å²) in [6, 6.07) is 1.93. The fourth-order valence-corrected chi connectivity index (χ4v) is 4.13. The maximum Gasteiger partial charge on any atom is 0.256 e. The van der Waals surface area contributed by atoms with E-state index >= 15 is 0 Å². The van der Waals surface area contributed by atoms with E-state index in [-0.39, 0.29) is 5.91 Å². The van der Waals surface area contributed by atoms with Crippen molar-refractivity contribution >= 4 is 35.1 Å². The predicted octanol–water partition coefficient (Wildman–Crippen LogP) is 2.69. The van der Waals surface area contributed by atoms with Gasteiger partial charge in [0.25, 0.3) is 5.91 Å². The standard InChI is InChI=1S/C18H28N2O5S2/c1-6-7-8-24-14-13(21)18(23-3)25-15(14)16(22)20-12-11(26-4)9-10(2)19-17(12)27-5/h9,13-15,18,21H,6-8H2,1-5H3,(H,20,22)/t13-,14-,15+,18?/m1/s1. The van der Waals surface area contributed by atoms with Crippen LogP contribution in [0.2, 0.25) is 0 Å². The van der Waals surface area contributed by atoms with Gasteiger partial charge in [-0.2, -0.15) is 0 Å². The number of pyridine rings is 1. The number of methoxy groups -OCH3 is 1. The van der Waals surface area contributed by atoms with Crippen molar-refractivity contribution in [3.05, 3.63) is 11.8 Å². The van der Waals surface area contributed by atoms with E-state index in [0.717, 1.165) is 28.5 Å². The quantitative estimate of drug-likeness (QED) is 0.469. The van der Waals surface area contributed by atoms with E-state index in [1.807, 2.05) is 32.4 Å². The number of thioether (sulfide) groups is 2. The van der Waals surface area contributed by atoms with Crippen LogP contribution >= 0.6 is 23.5 Å². The van der Waals surface area contributed by atoms with Crippen molar-refractivity contribution in [1.82, 2.24) is 4.98 Å². The molecule has 0 bridgehead atoms. The highest BCUT2D eigenvalue weighted by molar-refractivity contribution is 7.99. The molecule has 0 spiro atoms. The third-order valence-electron chi connectivity index (χ3n) is 4.23. The average Bonchev–Trinajstić information content (AvgIpc) is 2.98. The van der Waals surface area contributed by atoms with E-state index in [1.54, 1.807) is 0 Å². The Bertz CT molecular complexity index is 621. The van der Waals surface area contributed by atoms with Crippen molar-refractivity contribution in [3.63, 3.8) is 0 Å². The van der Waals surface area contributed by atoms with E-state index in [4.69, 9.17) is 14.2 Å². The van der Waals surface area contributed by atoms with Gasteiger partial charge in [0.2, 0.25) is 0 Å². The van der Waals surface area contributed by atoms with Crippen LogP contribution in [0.1, 0.15) is 25.5 Å². The number of aryl methyl sites for hydroxylation is 1. The summed E-state index contributed by atoms with van der Waals surface area (Å²) < 4.78 is 16.5. The fourth-order valence-electron chi connectivity index (χ4n) is 2.83. The van der Waals surface area contributed by atoms with Crippen LogP contribution in [0.15, 0.2) is 16.0 Å². The van der Waals surface area contributed by atoms with Gasteiger partial charge in [-0.1, -0.05) is 13.3 Å². The van der Waals surface area contributed by atoms with E-state index in [9.17, 15) is 9.90 Å². The van der Waals surface area contributed by atoms with Crippen LogP contribution in [0.5, 0.6) is 0 Å². The first kappa shape index (κ1) is 22.4. The Morgan fingerprint density at radius 2 is 2.15 bits per heavy atom. The largest absolute Gasteiger partial charge is 0.385 e. The minimum atomic E-state index is -1.03. The molecule has 1 unspecified atom stereocenters. The summed E-state index contributed by atoms with van der Waals surface area (Å²) in [7, 11) is 1.43. The van der Waals surface area contributed by atoms with Gasteiger partial charge in [0, 0.05) is 24.3 Å². The molecule has 0 aliphatic carbocycles. The third-order valence-corrected chi connectivity index (χ3v) is 5.68. The first-order valence-electron chi connectivity index (χ1n) is 8.85. The number of nitrogens with zero attached hydrogens (tertiary/aromatic N) is 1. The molecule has 2 N–H and O–H groups in total. The monoisotopic (exact) mass is 416 g/mol. The number of aromatic nitrogens is 1. The summed E-state index contributed by atoms with van der Waals surface area (Å²) in [6.45, 7) is 4.41. The first-order valence-corrected chi connectivity index (χ1v) is 11.3. The van der Waals surface area contributed by atoms with Gasteiger partial charge in [-0.3, -0.25) is 4.79 Å². The van der Waals surface area contributed by atoms with Crippen molar-refractivity contribution in [1.29, 1.82) is 0 Å². The Morgan fingerprint density at radius 1 is 1.41 bits per heavy atom. The zero-order valence-electron chi connectivity index (χ0n) is 16.4. The number of hydrogen-bond acceptors (Lipinski definition) is 8. The maximum atomic E-state index is 13.0. The number of carbonyl (C=O) groups is 1. The van der Waals surface area contributed by atoms with E-state index < -0.39 is 24.6 Å². The average molecular weight is 417 g/mol. The molecule has 1 aromatic heterocycles. The molecule has 1 saturated heterocycles. The number of amides is 1. The molecule has 1 aromatic rings. The number of anilines is 1. The van der Waals surface area contributed by atoms with Gasteiger partial charge in [-0.15, -0.1) is 23.5 Å². The summed E-state index contributed by atoms with van der Waals surface area (Å²) in [4.78, 5) is 18.4. The van der Waals surface area contributed by atoms with Crippen LogP contribution in [0.3, 0.4) is 0 Å². The van der Waals surface area contributed by atoms with Crippen molar-refractivity contribution < 1.29 is 24.1 Å². The molecule has 152 valence electrons. The first-order chi connectivity index (χ1) is 13.0. The van der Waals surface area contributed by atoms with E-state index in [0.29, 0.717) is 12.3 Å². The van der Waals surface area contributed by atoms with Gasteiger partial charge < -0.3 is 24.6 Å². The summed E-state index contributed by atoms with van der Waals surface area (Å²) in [5, 5.41) is 14.1. The molecule has 0 radical (unpaired) electrons. The molecule has 2 heterocycles. The number of rotatable bonds is 9. The minimum absolute atomic E-state index is 0.383. The Kier molecular flexibility index (Phi) is 8.84. The highest BCUT2D eigenvalue weighted by atomic mass is 32.2. The van der Waals surface area contributed by atoms with Gasteiger partial charge in [0.1, 0.15) is 17.2 Å². The Morgan fingerprint density at radius 3 is 2.74 bits per heavy atom. The lowest BCUT2D eigenvalue weighted by atomic mass is 10.1. The smallest absolute Gasteiger partial charge is 0.256 e. The number of aliphatic hydroxyl groups excluding tert-OH is 1. The van der Waals surface area contributed by atoms with Gasteiger partial charge in [0.15, 0.2) is 12.4 Å². The molecule has 1 fully saturated rings. The molecular weight excluding hydrogens is 388 g/mol. The Labute approximate surface area is 168 Å². The maximum absolute atomic E-state index is 13.0. The van der Waals surface area contributed by atoms with Crippen LogP contribution in [-0.2, 0) is 19.0 Å². The summed E-state index contributed by atoms with van der Waals surface area (Å²) >= 11 is 2.99. The van der Waals surface area contributed by atoms with Crippen molar-refractivity contribution in [2.24, 2.45) is 0 Å². The Hall–Kier alpha value is -0.840. The molecule has 9 heteroatoms. The van der Waals surface area contributed by atoms with Gasteiger partial charge in [-0.25, -0.2) is 4.98 Å². The van der Waals surface area contributed by atoms with Crippen LogP contribution in [-0.4, -0.2) is 66.8 Å². The number of carbonyl (C=O) groups excluding carboxylic acids is 1. The van der Waals surface area contributed by atoms with E-state index in [1.165, 1.54) is 30.6 Å². The molecule has 27 heavy (non-hydrogen) atoms. The van der Waals surface area contributed by atoms with Crippen LogP contribution < -0.4 is 5.32 Å². The van der Waals surface area contributed by atoms with Gasteiger partial charge >= 0.3 is 0 Å². The normalized spacial score (nSPS) is 25.0. The van der Waals surface area contributed by atoms with Crippen molar-refractivity contribution in [2.45, 2.75) is 61.2 Å². The molecular formula is C18H28N2O5S2. The molecule has 2 rings (SSSR count). The second-order valence-electron chi connectivity index (χ2n) is 6.18. The zero-order valence-corrected chi connectivity index (χ0v) is 18.0. The number of hydrogen-bond donors (Lipinski definition) is 2. The summed E-state index contributed by atoms with van der Waals surface area (Å²) in [5.74, 6) is -0.383. The van der Waals surface area contributed by atoms with Crippen molar-refractivity contribution in [2.75, 3.05) is 31.5 Å². The summed E-state index contributed by atoms with van der Waals surface area (Å²) in [6.07, 6.45) is 1.98. The second-order valence-corrected chi connectivity index (χ2v) is 7.82. The number of nitrogens with one attached hydrogen (secondary N) is 1. The van der Waals surface area contributed by atoms with Gasteiger partial charge in [-0.05, 0) is 31.9 Å². The fraction of sp³-hybridized carbons (Fsp3) is 0.667. The number of ether oxygens (including phenoxy) is 3. The SMILES string of the molecule is CCCCO[C@H]1[C@@H](C(=O)Nc2c(SC)cc(C)nc2SC)OC(OC)[C@@H]1O. The Balaban J connectivity index is 2.22. The zero-order chi connectivity index (χ0) is 20.0. The van der Waals surface area contributed by atoms with Gasteiger partial charge in [0.05, 0.1) is 5.69 Å². The lowest BCUT2D eigenvalue weighted by molar-refractivity contribution is -0.157. The highest BCUT2D eigenvalue weighted by Gasteiger charge is 2.48. The third kappa shape index (κ3) is 5.36. The molecule has 1 aliphatic rings. The molecule has 0 saturated carbocycles.